The van der Waals surface area contributed by atoms with Gasteiger partial charge in [0.25, 0.3) is 0 Å². The smallest absolute Gasteiger partial charge is 0.162 e. The molecule has 0 aliphatic heterocycles. The fraction of sp³-hybridized carbons (Fsp3) is 0.0980. The molecule has 0 amide bonds. The maximum atomic E-state index is 5.50. The molecule has 4 heteroatoms. The van der Waals surface area contributed by atoms with Gasteiger partial charge in [0.2, 0.25) is 0 Å². The molecule has 0 unspecified atom stereocenters. The van der Waals surface area contributed by atoms with Crippen molar-refractivity contribution in [3.05, 3.63) is 193 Å². The van der Waals surface area contributed by atoms with Crippen LogP contribution in [0.3, 0.4) is 0 Å². The summed E-state index contributed by atoms with van der Waals surface area (Å²) in [6, 6.07) is 62.9. The van der Waals surface area contributed by atoms with Gasteiger partial charge in [-0.15, -0.1) is 0 Å². The Labute approximate surface area is 322 Å². The number of para-hydroxylation sites is 2. The zero-order valence-electron chi connectivity index (χ0n) is 31.2. The van der Waals surface area contributed by atoms with Crippen molar-refractivity contribution in [2.24, 2.45) is 0 Å². The number of benzene rings is 7. The van der Waals surface area contributed by atoms with Gasteiger partial charge in [-0.05, 0) is 83.3 Å². The molecule has 0 N–H and O–H groups in total. The summed E-state index contributed by atoms with van der Waals surface area (Å²) in [5.41, 5.74) is 14.9. The second kappa shape index (κ2) is 13.0. The van der Waals surface area contributed by atoms with E-state index >= 15 is 0 Å². The number of anilines is 3. The van der Waals surface area contributed by atoms with Crippen LogP contribution in [0.4, 0.5) is 17.1 Å². The third kappa shape index (κ3) is 5.28. The Morgan fingerprint density at radius 2 is 1.09 bits per heavy atom. The van der Waals surface area contributed by atoms with E-state index in [0.29, 0.717) is 5.82 Å². The minimum Gasteiger partial charge on any atom is -0.310 e. The highest BCUT2D eigenvalue weighted by Gasteiger charge is 2.36. The largest absolute Gasteiger partial charge is 0.310 e. The second-order valence-electron chi connectivity index (χ2n) is 14.9. The lowest BCUT2D eigenvalue weighted by atomic mass is 9.82. The summed E-state index contributed by atoms with van der Waals surface area (Å²) in [4.78, 5) is 13.1. The van der Waals surface area contributed by atoms with Crippen LogP contribution >= 0.6 is 0 Å². The van der Waals surface area contributed by atoms with Crippen LogP contribution in [0.2, 0.25) is 0 Å². The number of rotatable bonds is 7. The van der Waals surface area contributed by atoms with Crippen molar-refractivity contribution >= 4 is 38.9 Å². The highest BCUT2D eigenvalue weighted by atomic mass is 15.1. The molecule has 0 fully saturated rings. The van der Waals surface area contributed by atoms with Crippen molar-refractivity contribution in [1.29, 1.82) is 0 Å². The van der Waals surface area contributed by atoms with Gasteiger partial charge in [-0.1, -0.05) is 142 Å². The molecule has 0 atom stereocenters. The monoisotopic (exact) mass is 708 g/mol. The van der Waals surface area contributed by atoms with Gasteiger partial charge < -0.3 is 4.90 Å². The normalized spacial score (nSPS) is 12.9. The lowest BCUT2D eigenvalue weighted by Gasteiger charge is -2.25. The lowest BCUT2D eigenvalue weighted by Crippen LogP contribution is -2.14. The summed E-state index contributed by atoms with van der Waals surface area (Å²) >= 11 is 0. The fourth-order valence-corrected chi connectivity index (χ4v) is 8.70. The Morgan fingerprint density at radius 3 is 1.75 bits per heavy atom. The van der Waals surface area contributed by atoms with E-state index in [4.69, 9.17) is 9.97 Å². The van der Waals surface area contributed by atoms with Crippen LogP contribution in [-0.4, -0.2) is 14.5 Å². The van der Waals surface area contributed by atoms with Crippen molar-refractivity contribution in [2.45, 2.75) is 32.6 Å². The first-order chi connectivity index (χ1) is 27.0. The van der Waals surface area contributed by atoms with E-state index in [1.807, 2.05) is 6.07 Å². The highest BCUT2D eigenvalue weighted by Crippen LogP contribution is 2.51. The summed E-state index contributed by atoms with van der Waals surface area (Å²) in [6.45, 7) is 6.94. The number of nitrogens with zero attached hydrogens (tertiary/aromatic N) is 4. The third-order valence-electron chi connectivity index (χ3n) is 11.4. The van der Waals surface area contributed by atoms with E-state index in [9.17, 15) is 0 Å². The quantitative estimate of drug-likeness (QED) is 0.165. The lowest BCUT2D eigenvalue weighted by molar-refractivity contribution is 0.661. The van der Waals surface area contributed by atoms with Gasteiger partial charge in [-0.2, -0.15) is 0 Å². The Morgan fingerprint density at radius 1 is 0.509 bits per heavy atom. The molecular weight excluding hydrogens is 669 g/mol. The van der Waals surface area contributed by atoms with Gasteiger partial charge in [0, 0.05) is 49.9 Å². The van der Waals surface area contributed by atoms with E-state index in [1.54, 1.807) is 0 Å². The van der Waals surface area contributed by atoms with Crippen LogP contribution in [-0.2, 0) is 11.8 Å². The Hall–Kier alpha value is -6.78. The van der Waals surface area contributed by atoms with Gasteiger partial charge >= 0.3 is 0 Å². The molecule has 55 heavy (non-hydrogen) atoms. The molecule has 2 heterocycles. The van der Waals surface area contributed by atoms with E-state index in [1.165, 1.54) is 33.0 Å². The summed E-state index contributed by atoms with van der Waals surface area (Å²) in [5.74, 6) is 1.63. The van der Waals surface area contributed by atoms with Gasteiger partial charge in [0.1, 0.15) is 5.82 Å². The van der Waals surface area contributed by atoms with Gasteiger partial charge in [0.05, 0.1) is 16.7 Å². The van der Waals surface area contributed by atoms with Crippen LogP contribution in [0.5, 0.6) is 0 Å². The summed E-state index contributed by atoms with van der Waals surface area (Å²) in [6.07, 6.45) is 0.768. The number of aromatic nitrogens is 3. The first-order valence-corrected chi connectivity index (χ1v) is 19.2. The van der Waals surface area contributed by atoms with E-state index in [0.717, 1.165) is 62.7 Å². The number of hydrogen-bond acceptors (Lipinski definition) is 3. The predicted octanol–water partition coefficient (Wildman–Crippen LogP) is 13.2. The minimum atomic E-state index is -0.142. The maximum Gasteiger partial charge on any atom is 0.162 e. The third-order valence-corrected chi connectivity index (χ3v) is 11.4. The molecule has 1 aliphatic rings. The van der Waals surface area contributed by atoms with Crippen LogP contribution < -0.4 is 4.90 Å². The van der Waals surface area contributed by atoms with Gasteiger partial charge in [-0.25, -0.2) is 9.97 Å². The van der Waals surface area contributed by atoms with Crippen molar-refractivity contribution in [3.63, 3.8) is 0 Å². The number of fused-ring (bicyclic) bond motifs is 6. The van der Waals surface area contributed by atoms with Crippen molar-refractivity contribution in [2.75, 3.05) is 4.90 Å². The molecule has 10 rings (SSSR count). The molecule has 1 aliphatic carbocycles. The molecule has 264 valence electrons. The summed E-state index contributed by atoms with van der Waals surface area (Å²) < 4.78 is 2.41. The average Bonchev–Trinajstić information content (AvgIpc) is 3.68. The number of hydrogen-bond donors (Lipinski definition) is 0. The Bertz CT molecular complexity index is 2820. The van der Waals surface area contributed by atoms with Crippen LogP contribution in [0.25, 0.3) is 61.4 Å². The van der Waals surface area contributed by atoms with Crippen LogP contribution in [0, 0.1) is 0 Å². The average molecular weight is 709 g/mol. The Kier molecular flexibility index (Phi) is 7.74. The fourth-order valence-electron chi connectivity index (χ4n) is 8.70. The van der Waals surface area contributed by atoms with E-state index < -0.39 is 0 Å². The van der Waals surface area contributed by atoms with Crippen LogP contribution in [0.15, 0.2) is 176 Å². The molecule has 2 aromatic heterocycles. The molecular formula is C51H40N4. The Balaban J connectivity index is 1.32. The van der Waals surface area contributed by atoms with Gasteiger partial charge in [0.15, 0.2) is 5.82 Å². The SMILES string of the molecule is CCc1c(-c2ccccc2)nc(-c2ccccc2)nc1-n1c2ccc(N(c3ccccc3)c3ccccc3)cc2c2cc3c(cc21)-c1ccccc1C3(C)C. The van der Waals surface area contributed by atoms with Crippen molar-refractivity contribution in [1.82, 2.24) is 14.5 Å². The first kappa shape index (κ1) is 32.8. The molecule has 0 bridgehead atoms. The molecule has 0 saturated heterocycles. The van der Waals surface area contributed by atoms with Crippen molar-refractivity contribution < 1.29 is 0 Å². The van der Waals surface area contributed by atoms with E-state index in [2.05, 4.69) is 200 Å². The van der Waals surface area contributed by atoms with Gasteiger partial charge in [-0.3, -0.25) is 4.57 Å². The first-order valence-electron chi connectivity index (χ1n) is 19.2. The van der Waals surface area contributed by atoms with Crippen LogP contribution in [0.1, 0.15) is 37.5 Å². The molecule has 4 nitrogen and oxygen atoms in total. The van der Waals surface area contributed by atoms with Crippen molar-refractivity contribution in [3.8, 4) is 39.6 Å². The zero-order valence-corrected chi connectivity index (χ0v) is 31.2. The summed E-state index contributed by atoms with van der Waals surface area (Å²) in [7, 11) is 0. The summed E-state index contributed by atoms with van der Waals surface area (Å²) in [5, 5.41) is 2.39. The highest BCUT2D eigenvalue weighted by molar-refractivity contribution is 6.13. The zero-order chi connectivity index (χ0) is 37.1. The van der Waals surface area contributed by atoms with E-state index in [-0.39, 0.29) is 5.41 Å². The molecule has 0 radical (unpaired) electrons. The topological polar surface area (TPSA) is 34.0 Å². The molecule has 0 saturated carbocycles. The second-order valence-corrected chi connectivity index (χ2v) is 14.9. The molecule has 7 aromatic carbocycles. The maximum absolute atomic E-state index is 5.50. The predicted molar refractivity (Wildman–Crippen MR) is 229 cm³/mol. The molecule has 9 aromatic rings. The molecule has 0 spiro atoms. The standard InChI is InChI=1S/C51H40N4/c1-4-39-48(34-19-9-5-10-20-34)52-49(35-21-11-6-12-22-35)53-50(39)55-46-30-29-38(54(36-23-13-7-14-24-36)37-25-15-8-16-26-37)31-42(46)43-32-45-41(33-47(43)55)40-27-17-18-28-44(40)51(45,2)3/h5-33H,4H2,1-3H3. The minimum absolute atomic E-state index is 0.142.